The van der Waals surface area contributed by atoms with Crippen LogP contribution in [0.1, 0.15) is 52.0 Å². The number of hydrogen-bond acceptors (Lipinski definition) is 5. The first-order valence-corrected chi connectivity index (χ1v) is 11.7. The van der Waals surface area contributed by atoms with Gasteiger partial charge in [0, 0.05) is 11.9 Å². The second-order valence-electron chi connectivity index (χ2n) is 8.09. The Kier molecular flexibility index (Phi) is 6.32. The van der Waals surface area contributed by atoms with Crippen molar-refractivity contribution in [3.63, 3.8) is 0 Å². The lowest BCUT2D eigenvalue weighted by atomic mass is 10.1. The van der Waals surface area contributed by atoms with Crippen LogP contribution in [0.4, 0.5) is 5.69 Å². The zero-order chi connectivity index (χ0) is 22.8. The van der Waals surface area contributed by atoms with Gasteiger partial charge < -0.3 is 10.1 Å². The van der Waals surface area contributed by atoms with Crippen molar-refractivity contribution >= 4 is 28.9 Å². The third-order valence-electron chi connectivity index (χ3n) is 5.90. The van der Waals surface area contributed by atoms with E-state index in [1.807, 2.05) is 36.4 Å². The molecule has 2 heterocycles. The number of carbonyl (C=O) groups excluding carboxylic acids is 2. The van der Waals surface area contributed by atoms with E-state index >= 15 is 0 Å². The van der Waals surface area contributed by atoms with Gasteiger partial charge in [0.2, 0.25) is 0 Å². The van der Waals surface area contributed by atoms with Crippen molar-refractivity contribution in [3.05, 3.63) is 67.8 Å². The molecule has 8 heteroatoms. The van der Waals surface area contributed by atoms with Crippen LogP contribution in [0.5, 0.6) is 0 Å². The van der Waals surface area contributed by atoms with Crippen LogP contribution in [0.2, 0.25) is 0 Å². The molecule has 7 nitrogen and oxygen atoms in total. The Morgan fingerprint density at radius 2 is 1.84 bits per heavy atom. The number of ether oxygens (including phenoxy) is 1. The van der Waals surface area contributed by atoms with Crippen molar-refractivity contribution in [1.82, 2.24) is 9.36 Å². The van der Waals surface area contributed by atoms with Crippen LogP contribution >= 0.6 is 11.3 Å². The van der Waals surface area contributed by atoms with Gasteiger partial charge in [0.15, 0.2) is 6.10 Å². The number of aromatic nitrogens is 2. The Morgan fingerprint density at radius 1 is 1.12 bits per heavy atom. The summed E-state index contributed by atoms with van der Waals surface area (Å²) >= 11 is 1.46. The number of hydrogen-bond donors (Lipinski definition) is 1. The highest BCUT2D eigenvalue weighted by molar-refractivity contribution is 7.14. The molecule has 0 radical (unpaired) electrons. The van der Waals surface area contributed by atoms with E-state index in [-0.39, 0.29) is 11.2 Å². The van der Waals surface area contributed by atoms with Crippen LogP contribution in [0.15, 0.2) is 41.2 Å². The molecule has 3 aromatic rings. The SMILES string of the molecule is Cc1c(NC(=O)C(C)OC(=O)c2cc3c(s2)CCCCC3)c(=O)n(-c2ccccc2)n1C. The molecule has 1 unspecified atom stereocenters. The van der Waals surface area contributed by atoms with Crippen LogP contribution < -0.4 is 10.9 Å². The molecule has 1 N–H and O–H groups in total. The lowest BCUT2D eigenvalue weighted by Crippen LogP contribution is -2.32. The summed E-state index contributed by atoms with van der Waals surface area (Å²) in [5, 5.41) is 2.66. The predicted molar refractivity (Wildman–Crippen MR) is 125 cm³/mol. The summed E-state index contributed by atoms with van der Waals surface area (Å²) in [4.78, 5) is 40.1. The maximum atomic E-state index is 13.0. The minimum absolute atomic E-state index is 0.173. The number of esters is 1. The van der Waals surface area contributed by atoms with Crippen LogP contribution in [0.25, 0.3) is 5.69 Å². The van der Waals surface area contributed by atoms with Gasteiger partial charge in [0.1, 0.15) is 10.6 Å². The molecule has 0 fully saturated rings. The monoisotopic (exact) mass is 453 g/mol. The molecule has 1 amide bonds. The Balaban J connectivity index is 1.47. The average molecular weight is 454 g/mol. The summed E-state index contributed by atoms with van der Waals surface area (Å²) in [6, 6.07) is 11.1. The highest BCUT2D eigenvalue weighted by Gasteiger charge is 2.25. The van der Waals surface area contributed by atoms with Crippen molar-refractivity contribution < 1.29 is 14.3 Å². The maximum Gasteiger partial charge on any atom is 0.349 e. The Hall–Kier alpha value is -3.13. The summed E-state index contributed by atoms with van der Waals surface area (Å²) in [6.07, 6.45) is 4.42. The minimum Gasteiger partial charge on any atom is -0.448 e. The summed E-state index contributed by atoms with van der Waals surface area (Å²) in [6.45, 7) is 3.27. The molecule has 0 saturated heterocycles. The summed E-state index contributed by atoms with van der Waals surface area (Å²) in [5.41, 5.74) is 2.35. The zero-order valence-electron chi connectivity index (χ0n) is 18.5. The fourth-order valence-corrected chi connectivity index (χ4v) is 5.11. The van der Waals surface area contributed by atoms with Crippen LogP contribution in [0.3, 0.4) is 0 Å². The van der Waals surface area contributed by atoms with Crippen molar-refractivity contribution in [3.8, 4) is 5.69 Å². The molecule has 0 bridgehead atoms. The van der Waals surface area contributed by atoms with Crippen molar-refractivity contribution in [2.45, 2.75) is 52.1 Å². The van der Waals surface area contributed by atoms with Crippen molar-refractivity contribution in [1.29, 1.82) is 0 Å². The third kappa shape index (κ3) is 4.27. The average Bonchev–Trinajstić information content (AvgIpc) is 3.18. The second kappa shape index (κ2) is 9.16. The molecular weight excluding hydrogens is 426 g/mol. The smallest absolute Gasteiger partial charge is 0.349 e. The number of nitrogens with one attached hydrogen (secondary N) is 1. The highest BCUT2D eigenvalue weighted by Crippen LogP contribution is 2.29. The standard InChI is InChI=1S/C24H27N3O4S/c1-15-21(23(29)27(26(15)3)18-11-7-5-8-12-18)25-22(28)16(2)31-24(30)20-14-17-10-6-4-9-13-19(17)32-20/h5,7-8,11-12,14,16H,4,6,9-10,13H2,1-3H3,(H,25,28). The third-order valence-corrected chi connectivity index (χ3v) is 7.12. The van der Waals surface area contributed by atoms with Crippen molar-refractivity contribution in [2.24, 2.45) is 7.05 Å². The molecule has 1 aliphatic rings. The van der Waals surface area contributed by atoms with Crippen molar-refractivity contribution in [2.75, 3.05) is 5.32 Å². The number of para-hydroxylation sites is 1. The van der Waals surface area contributed by atoms with Gasteiger partial charge in [0.05, 0.1) is 11.4 Å². The number of amides is 1. The van der Waals surface area contributed by atoms with Gasteiger partial charge in [-0.25, -0.2) is 9.48 Å². The topological polar surface area (TPSA) is 82.3 Å². The zero-order valence-corrected chi connectivity index (χ0v) is 19.3. The second-order valence-corrected chi connectivity index (χ2v) is 9.23. The molecule has 0 aliphatic heterocycles. The van der Waals surface area contributed by atoms with Gasteiger partial charge in [-0.15, -0.1) is 11.3 Å². The molecule has 32 heavy (non-hydrogen) atoms. The minimum atomic E-state index is -1.03. The summed E-state index contributed by atoms with van der Waals surface area (Å²) < 4.78 is 8.59. The lowest BCUT2D eigenvalue weighted by molar-refractivity contribution is -0.123. The van der Waals surface area contributed by atoms with E-state index in [1.165, 1.54) is 39.8 Å². The van der Waals surface area contributed by atoms with Crippen LogP contribution in [-0.4, -0.2) is 27.3 Å². The Bertz CT molecular complexity index is 1180. The van der Waals surface area contributed by atoms with Crippen LogP contribution in [-0.2, 0) is 29.4 Å². The summed E-state index contributed by atoms with van der Waals surface area (Å²) in [5.74, 6) is -1.04. The molecule has 1 aromatic carbocycles. The molecule has 168 valence electrons. The van der Waals surface area contributed by atoms with E-state index in [0.29, 0.717) is 16.3 Å². The van der Waals surface area contributed by atoms with Gasteiger partial charge in [-0.2, -0.15) is 0 Å². The molecule has 1 aliphatic carbocycles. The maximum absolute atomic E-state index is 13.0. The quantitative estimate of drug-likeness (QED) is 0.468. The fourth-order valence-electron chi connectivity index (χ4n) is 3.98. The van der Waals surface area contributed by atoms with E-state index in [9.17, 15) is 14.4 Å². The fraction of sp³-hybridized carbons (Fsp3) is 0.375. The molecular formula is C24H27N3O4S. The molecule has 0 spiro atoms. The molecule has 2 aromatic heterocycles. The number of thiophene rings is 1. The van der Waals surface area contributed by atoms with E-state index in [0.717, 1.165) is 25.7 Å². The highest BCUT2D eigenvalue weighted by atomic mass is 32.1. The normalized spacial score (nSPS) is 14.3. The number of carbonyl (C=O) groups is 2. The van der Waals surface area contributed by atoms with Gasteiger partial charge in [-0.1, -0.05) is 24.6 Å². The van der Waals surface area contributed by atoms with Gasteiger partial charge in [-0.05, 0) is 63.3 Å². The molecule has 1 atom stereocenters. The van der Waals surface area contributed by atoms with Gasteiger partial charge in [0.25, 0.3) is 11.5 Å². The predicted octanol–water partition coefficient (Wildman–Crippen LogP) is 4.00. The number of aryl methyl sites for hydroxylation is 2. The first-order chi connectivity index (χ1) is 15.4. The Labute approximate surface area is 190 Å². The number of nitrogens with zero attached hydrogens (tertiary/aromatic N) is 2. The summed E-state index contributed by atoms with van der Waals surface area (Å²) in [7, 11) is 1.75. The largest absolute Gasteiger partial charge is 0.448 e. The van der Waals surface area contributed by atoms with E-state index in [2.05, 4.69) is 5.32 Å². The Morgan fingerprint density at radius 3 is 2.59 bits per heavy atom. The van der Waals surface area contributed by atoms with Gasteiger partial charge >= 0.3 is 5.97 Å². The van der Waals surface area contributed by atoms with Gasteiger partial charge in [-0.3, -0.25) is 14.3 Å². The van der Waals surface area contributed by atoms with Crippen LogP contribution in [0, 0.1) is 6.92 Å². The van der Waals surface area contributed by atoms with E-state index in [1.54, 1.807) is 18.7 Å². The van der Waals surface area contributed by atoms with E-state index in [4.69, 9.17) is 4.74 Å². The number of anilines is 1. The molecule has 0 saturated carbocycles. The first kappa shape index (κ1) is 22.1. The lowest BCUT2D eigenvalue weighted by Gasteiger charge is -2.12. The number of rotatable bonds is 5. The number of benzene rings is 1. The number of fused-ring (bicyclic) bond motifs is 1. The van der Waals surface area contributed by atoms with E-state index < -0.39 is 18.0 Å². The molecule has 4 rings (SSSR count). The first-order valence-electron chi connectivity index (χ1n) is 10.8.